The van der Waals surface area contributed by atoms with Crippen molar-refractivity contribution < 1.29 is 14.4 Å². The van der Waals surface area contributed by atoms with Crippen LogP contribution in [0.2, 0.25) is 0 Å². The molecule has 124 valence electrons. The molecule has 0 saturated carbocycles. The van der Waals surface area contributed by atoms with Crippen molar-refractivity contribution in [1.82, 2.24) is 25.0 Å². The molecule has 8 heteroatoms. The van der Waals surface area contributed by atoms with Crippen molar-refractivity contribution in [2.24, 2.45) is 7.05 Å². The zero-order valence-corrected chi connectivity index (χ0v) is 13.2. The van der Waals surface area contributed by atoms with Crippen molar-refractivity contribution in [1.29, 1.82) is 0 Å². The Hall–Kier alpha value is -3.03. The number of rotatable bonds is 5. The Bertz CT molecular complexity index is 768. The zero-order valence-electron chi connectivity index (χ0n) is 13.2. The Morgan fingerprint density at radius 1 is 1.21 bits per heavy atom. The van der Waals surface area contributed by atoms with Crippen LogP contribution in [0.3, 0.4) is 0 Å². The van der Waals surface area contributed by atoms with E-state index in [1.54, 1.807) is 17.1 Å². The molecule has 0 atom stereocenters. The van der Waals surface area contributed by atoms with Crippen LogP contribution >= 0.6 is 0 Å². The lowest BCUT2D eigenvalue weighted by molar-refractivity contribution is -0.142. The molecule has 1 fully saturated rings. The number of aromatic nitrogens is 3. The van der Waals surface area contributed by atoms with Crippen LogP contribution in [0.15, 0.2) is 30.6 Å². The predicted molar refractivity (Wildman–Crippen MR) is 84.2 cm³/mol. The second-order valence-electron chi connectivity index (χ2n) is 5.53. The van der Waals surface area contributed by atoms with Gasteiger partial charge in [-0.1, -0.05) is 0 Å². The van der Waals surface area contributed by atoms with E-state index in [9.17, 15) is 14.4 Å². The first kappa shape index (κ1) is 15.9. The van der Waals surface area contributed by atoms with Gasteiger partial charge in [0.25, 0.3) is 0 Å². The van der Waals surface area contributed by atoms with E-state index in [1.807, 2.05) is 25.2 Å². The molecule has 0 bridgehead atoms. The fourth-order valence-corrected chi connectivity index (χ4v) is 2.59. The number of aryl methyl sites for hydroxylation is 1. The van der Waals surface area contributed by atoms with Crippen LogP contribution in [-0.4, -0.2) is 43.9 Å². The summed E-state index contributed by atoms with van der Waals surface area (Å²) in [5.74, 6) is -0.976. The molecule has 3 amide bonds. The summed E-state index contributed by atoms with van der Waals surface area (Å²) in [5, 5.41) is 7.04. The van der Waals surface area contributed by atoms with E-state index in [-0.39, 0.29) is 43.7 Å². The standard InChI is InChI=1S/C16H17N5O3/c1-20-13(11-4-6-17-7-5-11)8-12(19-20)9-18-14(22)10-21-15(23)2-3-16(21)24/h4-8H,2-3,9-10H2,1H3,(H,18,22). The summed E-state index contributed by atoms with van der Waals surface area (Å²) in [6.45, 7) is -0.00428. The molecule has 1 aliphatic rings. The van der Waals surface area contributed by atoms with E-state index in [0.717, 1.165) is 16.2 Å². The maximum Gasteiger partial charge on any atom is 0.240 e. The summed E-state index contributed by atoms with van der Waals surface area (Å²) in [6, 6.07) is 5.63. The largest absolute Gasteiger partial charge is 0.349 e. The zero-order chi connectivity index (χ0) is 17.1. The van der Waals surface area contributed by atoms with Crippen LogP contribution in [0.5, 0.6) is 0 Å². The quantitative estimate of drug-likeness (QED) is 0.794. The first-order valence-corrected chi connectivity index (χ1v) is 7.58. The van der Waals surface area contributed by atoms with E-state index in [2.05, 4.69) is 15.4 Å². The molecule has 24 heavy (non-hydrogen) atoms. The van der Waals surface area contributed by atoms with Crippen LogP contribution in [0.4, 0.5) is 0 Å². The van der Waals surface area contributed by atoms with Crippen molar-refractivity contribution in [2.75, 3.05) is 6.54 Å². The van der Waals surface area contributed by atoms with E-state index in [4.69, 9.17) is 0 Å². The van der Waals surface area contributed by atoms with Crippen LogP contribution in [0, 0.1) is 0 Å². The summed E-state index contributed by atoms with van der Waals surface area (Å²) < 4.78 is 1.73. The maximum absolute atomic E-state index is 11.9. The molecule has 8 nitrogen and oxygen atoms in total. The third kappa shape index (κ3) is 3.32. The second kappa shape index (κ2) is 6.61. The highest BCUT2D eigenvalue weighted by molar-refractivity contribution is 6.04. The molecule has 3 rings (SSSR count). The molecule has 1 saturated heterocycles. The van der Waals surface area contributed by atoms with Gasteiger partial charge in [-0.05, 0) is 18.2 Å². The van der Waals surface area contributed by atoms with Gasteiger partial charge in [-0.2, -0.15) is 5.10 Å². The fraction of sp³-hybridized carbons (Fsp3) is 0.312. The van der Waals surface area contributed by atoms with Crippen LogP contribution in [0.25, 0.3) is 11.3 Å². The molecule has 1 N–H and O–H groups in total. The molecule has 0 aromatic carbocycles. The highest BCUT2D eigenvalue weighted by atomic mass is 16.2. The lowest BCUT2D eigenvalue weighted by Gasteiger charge is -2.12. The van der Waals surface area contributed by atoms with Crippen molar-refractivity contribution in [2.45, 2.75) is 19.4 Å². The number of carbonyl (C=O) groups is 3. The van der Waals surface area contributed by atoms with Gasteiger partial charge in [-0.15, -0.1) is 0 Å². The van der Waals surface area contributed by atoms with Crippen molar-refractivity contribution in [3.63, 3.8) is 0 Å². The number of nitrogens with zero attached hydrogens (tertiary/aromatic N) is 4. The molecular formula is C16H17N5O3. The molecule has 0 aliphatic carbocycles. The lowest BCUT2D eigenvalue weighted by Crippen LogP contribution is -2.39. The van der Waals surface area contributed by atoms with Gasteiger partial charge in [0.05, 0.1) is 17.9 Å². The van der Waals surface area contributed by atoms with E-state index < -0.39 is 0 Å². The summed E-state index contributed by atoms with van der Waals surface area (Å²) in [6.07, 6.45) is 3.77. The van der Waals surface area contributed by atoms with Gasteiger partial charge in [-0.3, -0.25) is 28.9 Å². The minimum Gasteiger partial charge on any atom is -0.349 e. The SMILES string of the molecule is Cn1nc(CNC(=O)CN2C(=O)CCC2=O)cc1-c1ccncc1. The highest BCUT2D eigenvalue weighted by Crippen LogP contribution is 2.18. The molecule has 1 aliphatic heterocycles. The summed E-state index contributed by atoms with van der Waals surface area (Å²) in [7, 11) is 1.82. The summed E-state index contributed by atoms with van der Waals surface area (Å²) in [5.41, 5.74) is 2.58. The van der Waals surface area contributed by atoms with Gasteiger partial charge < -0.3 is 5.32 Å². The maximum atomic E-state index is 11.9. The van der Waals surface area contributed by atoms with E-state index >= 15 is 0 Å². The number of likely N-dealkylation sites (tertiary alicyclic amines) is 1. The molecule has 2 aromatic heterocycles. The normalized spacial score (nSPS) is 14.3. The number of amides is 3. The number of imide groups is 1. The highest BCUT2D eigenvalue weighted by Gasteiger charge is 2.30. The third-order valence-corrected chi connectivity index (χ3v) is 3.83. The third-order valence-electron chi connectivity index (χ3n) is 3.83. The van der Waals surface area contributed by atoms with E-state index in [1.165, 1.54) is 0 Å². The Balaban J connectivity index is 1.60. The topological polar surface area (TPSA) is 97.2 Å². The number of pyridine rings is 1. The Morgan fingerprint density at radius 2 is 1.88 bits per heavy atom. The molecular weight excluding hydrogens is 310 g/mol. The average molecular weight is 327 g/mol. The first-order valence-electron chi connectivity index (χ1n) is 7.58. The number of hydrogen-bond acceptors (Lipinski definition) is 5. The van der Waals surface area contributed by atoms with Gasteiger partial charge in [0.1, 0.15) is 6.54 Å². The number of nitrogens with one attached hydrogen (secondary N) is 1. The minimum atomic E-state index is -0.380. The molecule has 0 spiro atoms. The van der Waals surface area contributed by atoms with Crippen LogP contribution in [0.1, 0.15) is 18.5 Å². The number of carbonyl (C=O) groups excluding carboxylic acids is 3. The smallest absolute Gasteiger partial charge is 0.240 e. The van der Waals surface area contributed by atoms with Gasteiger partial charge in [0, 0.05) is 37.8 Å². The van der Waals surface area contributed by atoms with Gasteiger partial charge >= 0.3 is 0 Å². The Kier molecular flexibility index (Phi) is 4.37. The van der Waals surface area contributed by atoms with Crippen molar-refractivity contribution in [3.05, 3.63) is 36.3 Å². The Morgan fingerprint density at radius 3 is 2.54 bits per heavy atom. The predicted octanol–water partition coefficient (Wildman–Crippen LogP) is 0.247. The number of hydrogen-bond donors (Lipinski definition) is 1. The molecule has 0 unspecified atom stereocenters. The van der Waals surface area contributed by atoms with Crippen molar-refractivity contribution >= 4 is 17.7 Å². The van der Waals surface area contributed by atoms with Crippen LogP contribution in [-0.2, 0) is 28.0 Å². The average Bonchev–Trinajstić information content (AvgIpc) is 3.11. The lowest BCUT2D eigenvalue weighted by atomic mass is 10.2. The minimum absolute atomic E-state index is 0.182. The second-order valence-corrected chi connectivity index (χ2v) is 5.53. The van der Waals surface area contributed by atoms with Gasteiger partial charge in [0.2, 0.25) is 17.7 Å². The van der Waals surface area contributed by atoms with Crippen molar-refractivity contribution in [3.8, 4) is 11.3 Å². The van der Waals surface area contributed by atoms with E-state index in [0.29, 0.717) is 5.69 Å². The molecule has 3 heterocycles. The van der Waals surface area contributed by atoms with Crippen LogP contribution < -0.4 is 5.32 Å². The fourth-order valence-electron chi connectivity index (χ4n) is 2.59. The van der Waals surface area contributed by atoms with Gasteiger partial charge in [0.15, 0.2) is 0 Å². The molecule has 2 aromatic rings. The summed E-state index contributed by atoms with van der Waals surface area (Å²) in [4.78, 5) is 39.9. The first-order chi connectivity index (χ1) is 11.5. The molecule has 0 radical (unpaired) electrons. The Labute approximate surface area is 138 Å². The summed E-state index contributed by atoms with van der Waals surface area (Å²) >= 11 is 0. The monoisotopic (exact) mass is 327 g/mol. The van der Waals surface area contributed by atoms with Gasteiger partial charge in [-0.25, -0.2) is 0 Å².